The Morgan fingerprint density at radius 3 is 2.23 bits per heavy atom. The molecule has 3 N–H and O–H groups in total. The highest BCUT2D eigenvalue weighted by molar-refractivity contribution is 5.28. The maximum absolute atomic E-state index is 10.3. The van der Waals surface area contributed by atoms with Crippen molar-refractivity contribution in [2.45, 2.75) is 24.4 Å². The normalized spacial score (nSPS) is 25.5. The van der Waals surface area contributed by atoms with E-state index in [0.29, 0.717) is 0 Å². The van der Waals surface area contributed by atoms with E-state index in [0.717, 1.165) is 11.4 Å². The lowest BCUT2D eigenvalue weighted by molar-refractivity contribution is -0.735. The summed E-state index contributed by atoms with van der Waals surface area (Å²) in [5.41, 5.74) is 1.56. The molecule has 0 unspecified atom stereocenters. The van der Waals surface area contributed by atoms with Crippen molar-refractivity contribution in [3.8, 4) is 11.4 Å². The Kier molecular flexibility index (Phi) is 4.48. The molecule has 8 heteroatoms. The Hall–Kier alpha value is -2.65. The van der Waals surface area contributed by atoms with Crippen molar-refractivity contribution in [2.75, 3.05) is 6.61 Å². The lowest BCUT2D eigenvalue weighted by atomic mass is 10.1. The van der Waals surface area contributed by atoms with Crippen LogP contribution in [0.5, 0.6) is 0 Å². The molecular weight excluding hydrogens is 336 g/mol. The number of ether oxygens (including phenoxy) is 1. The minimum absolute atomic E-state index is 0.222. The Morgan fingerprint density at radius 1 is 0.962 bits per heavy atom. The second kappa shape index (κ2) is 6.93. The molecule has 0 radical (unpaired) electrons. The van der Waals surface area contributed by atoms with Crippen LogP contribution in [-0.4, -0.2) is 55.2 Å². The molecule has 26 heavy (non-hydrogen) atoms. The van der Waals surface area contributed by atoms with Crippen molar-refractivity contribution in [1.29, 1.82) is 0 Å². The second-order valence-electron chi connectivity index (χ2n) is 6.07. The van der Waals surface area contributed by atoms with Crippen LogP contribution in [0, 0.1) is 0 Å². The first-order chi connectivity index (χ1) is 12.7. The maximum atomic E-state index is 10.3. The molecule has 1 aliphatic heterocycles. The third kappa shape index (κ3) is 2.89. The van der Waals surface area contributed by atoms with Gasteiger partial charge in [0.25, 0.3) is 0 Å². The zero-order valence-electron chi connectivity index (χ0n) is 13.8. The monoisotopic (exact) mass is 355 g/mol. The van der Waals surface area contributed by atoms with Gasteiger partial charge in [-0.25, -0.2) is 0 Å². The van der Waals surface area contributed by atoms with Crippen molar-refractivity contribution in [3.05, 3.63) is 66.5 Å². The Labute approximate surface area is 149 Å². The van der Waals surface area contributed by atoms with Gasteiger partial charge in [0.1, 0.15) is 24.0 Å². The van der Waals surface area contributed by atoms with Gasteiger partial charge in [-0.15, -0.1) is 0 Å². The number of rotatable bonds is 4. The number of hydrogen-bond donors (Lipinski definition) is 3. The summed E-state index contributed by atoms with van der Waals surface area (Å²) in [4.78, 5) is 3.19. The van der Waals surface area contributed by atoms with Gasteiger partial charge in [0.2, 0.25) is 0 Å². The van der Waals surface area contributed by atoms with E-state index < -0.39 is 31.0 Å². The highest BCUT2D eigenvalue weighted by atomic mass is 16.6. The molecule has 0 aliphatic carbocycles. The Bertz CT molecular complexity index is 814. The summed E-state index contributed by atoms with van der Waals surface area (Å²) in [6.45, 7) is -0.396. The average molecular weight is 355 g/mol. The van der Waals surface area contributed by atoms with Crippen LogP contribution < -0.4 is 4.80 Å². The molecule has 2 heterocycles. The van der Waals surface area contributed by atoms with Crippen molar-refractivity contribution >= 4 is 0 Å². The SMILES string of the molecule is OC[C@@H]1O[C@H](c2nn(-c3ccccc3)[n+](-c3ccccc3)n2)[C@@H](O)[C@@H]1O. The fourth-order valence-corrected chi connectivity index (χ4v) is 2.98. The van der Waals surface area contributed by atoms with Crippen molar-refractivity contribution < 1.29 is 24.9 Å². The first-order valence-corrected chi connectivity index (χ1v) is 8.32. The molecule has 1 aromatic heterocycles. The van der Waals surface area contributed by atoms with E-state index in [1.165, 1.54) is 0 Å². The molecule has 4 rings (SSSR count). The van der Waals surface area contributed by atoms with Crippen LogP contribution in [-0.2, 0) is 4.74 Å². The summed E-state index contributed by atoms with van der Waals surface area (Å²) in [7, 11) is 0. The van der Waals surface area contributed by atoms with E-state index in [1.807, 2.05) is 60.7 Å². The topological polar surface area (TPSA) is 105 Å². The number of benzene rings is 2. The van der Waals surface area contributed by atoms with Gasteiger partial charge < -0.3 is 20.1 Å². The van der Waals surface area contributed by atoms with Crippen molar-refractivity contribution in [1.82, 2.24) is 15.0 Å². The van der Waals surface area contributed by atoms with Crippen LogP contribution in [0.25, 0.3) is 11.4 Å². The molecule has 1 fully saturated rings. The number of nitrogens with zero attached hydrogens (tertiary/aromatic N) is 4. The van der Waals surface area contributed by atoms with Gasteiger partial charge in [-0.2, -0.15) is 0 Å². The molecule has 0 saturated carbocycles. The quantitative estimate of drug-likeness (QED) is 0.555. The predicted octanol–water partition coefficient (Wildman–Crippen LogP) is -0.302. The van der Waals surface area contributed by atoms with E-state index in [1.54, 1.807) is 9.59 Å². The average Bonchev–Trinajstić information content (AvgIpc) is 3.25. The lowest BCUT2D eigenvalue weighted by Crippen LogP contribution is -2.43. The summed E-state index contributed by atoms with van der Waals surface area (Å²) in [5.74, 6) is 0.222. The molecule has 1 saturated heterocycles. The number of tetrazole rings is 1. The van der Waals surface area contributed by atoms with Gasteiger partial charge in [0, 0.05) is 4.80 Å². The zero-order valence-corrected chi connectivity index (χ0v) is 13.8. The zero-order chi connectivity index (χ0) is 18.1. The van der Waals surface area contributed by atoms with Crippen LogP contribution in [0.3, 0.4) is 0 Å². The minimum Gasteiger partial charge on any atom is -0.394 e. The summed E-state index contributed by atoms with van der Waals surface area (Å²) in [6, 6.07) is 18.9. The van der Waals surface area contributed by atoms with Crippen molar-refractivity contribution in [3.63, 3.8) is 0 Å². The Balaban J connectivity index is 1.80. The highest BCUT2D eigenvalue weighted by Crippen LogP contribution is 2.31. The maximum Gasteiger partial charge on any atom is 0.340 e. The standard InChI is InChI=1S/C18H19N4O4/c23-11-14-15(24)16(25)17(26-14)18-19-21(12-7-3-1-4-8-12)22(20-18)13-9-5-2-6-10-13/h1-10,14-17,23-25H,11H2/q+1/t14-,15+,16-,17-/m0/s1. The van der Waals surface area contributed by atoms with Gasteiger partial charge in [-0.1, -0.05) is 36.4 Å². The third-order valence-electron chi connectivity index (χ3n) is 4.34. The highest BCUT2D eigenvalue weighted by Gasteiger charge is 2.48. The van der Waals surface area contributed by atoms with Crippen molar-refractivity contribution in [2.24, 2.45) is 0 Å². The molecule has 134 valence electrons. The molecular formula is C18H19N4O4+. The Morgan fingerprint density at radius 2 is 1.62 bits per heavy atom. The molecule has 8 nitrogen and oxygen atoms in total. The van der Waals surface area contributed by atoms with Gasteiger partial charge in [-0.05, 0) is 34.2 Å². The number of aliphatic hydroxyl groups is 3. The van der Waals surface area contributed by atoms with Gasteiger partial charge in [-0.3, -0.25) is 0 Å². The predicted molar refractivity (Wildman–Crippen MR) is 89.6 cm³/mol. The van der Waals surface area contributed by atoms with E-state index in [4.69, 9.17) is 4.74 Å². The molecule has 0 amide bonds. The number of aromatic nitrogens is 4. The summed E-state index contributed by atoms with van der Waals surface area (Å²) < 4.78 is 5.56. The van der Waals surface area contributed by atoms with E-state index in [9.17, 15) is 15.3 Å². The van der Waals surface area contributed by atoms with E-state index in [-0.39, 0.29) is 5.82 Å². The number of hydrogen-bond acceptors (Lipinski definition) is 6. The van der Waals surface area contributed by atoms with Gasteiger partial charge in [0.15, 0.2) is 11.8 Å². The van der Waals surface area contributed by atoms with Gasteiger partial charge >= 0.3 is 5.82 Å². The van der Waals surface area contributed by atoms with Crippen LogP contribution >= 0.6 is 0 Å². The van der Waals surface area contributed by atoms with Crippen LogP contribution in [0.15, 0.2) is 60.7 Å². The molecule has 0 spiro atoms. The first kappa shape index (κ1) is 16.8. The van der Waals surface area contributed by atoms with E-state index in [2.05, 4.69) is 10.2 Å². The fraction of sp³-hybridized carbons (Fsp3) is 0.278. The molecule has 1 aliphatic rings. The number of aliphatic hydroxyl groups excluding tert-OH is 3. The summed E-state index contributed by atoms with van der Waals surface area (Å²) >= 11 is 0. The largest absolute Gasteiger partial charge is 0.394 e. The summed E-state index contributed by atoms with van der Waals surface area (Å²) in [6.07, 6.45) is -4.22. The third-order valence-corrected chi connectivity index (χ3v) is 4.34. The van der Waals surface area contributed by atoms with E-state index >= 15 is 0 Å². The molecule has 2 aromatic carbocycles. The fourth-order valence-electron chi connectivity index (χ4n) is 2.98. The second-order valence-corrected chi connectivity index (χ2v) is 6.07. The van der Waals surface area contributed by atoms with Crippen LogP contribution in [0.1, 0.15) is 11.9 Å². The molecule has 0 bridgehead atoms. The first-order valence-electron chi connectivity index (χ1n) is 8.32. The molecule has 3 aromatic rings. The molecule has 4 atom stereocenters. The smallest absolute Gasteiger partial charge is 0.340 e. The van der Waals surface area contributed by atoms with Crippen LogP contribution in [0.2, 0.25) is 0 Å². The number of para-hydroxylation sites is 2. The summed E-state index contributed by atoms with van der Waals surface area (Å²) in [5, 5.41) is 38.5. The van der Waals surface area contributed by atoms with Gasteiger partial charge in [0.05, 0.1) is 11.7 Å². The van der Waals surface area contributed by atoms with Crippen LogP contribution in [0.4, 0.5) is 0 Å². The minimum atomic E-state index is -1.22. The lowest BCUT2D eigenvalue weighted by Gasteiger charge is -2.10.